The molecule has 2 aromatic rings. The summed E-state index contributed by atoms with van der Waals surface area (Å²) in [5.74, 6) is 9.03. The van der Waals surface area contributed by atoms with E-state index in [0.717, 1.165) is 72.1 Å². The van der Waals surface area contributed by atoms with Crippen LogP contribution in [0, 0.1) is 18.8 Å². The molecular weight excluding hydrogens is 444 g/mol. The lowest BCUT2D eigenvalue weighted by Crippen LogP contribution is -2.40. The van der Waals surface area contributed by atoms with Gasteiger partial charge in [-0.15, -0.1) is 0 Å². The fourth-order valence-corrected chi connectivity index (χ4v) is 3.84. The molecule has 1 fully saturated rings. The molecule has 1 aliphatic rings. The van der Waals surface area contributed by atoms with E-state index in [2.05, 4.69) is 87.8 Å². The second-order valence-electron chi connectivity index (χ2n) is 9.27. The molecule has 0 spiro atoms. The van der Waals surface area contributed by atoms with Crippen molar-refractivity contribution in [2.24, 2.45) is 4.99 Å². The van der Waals surface area contributed by atoms with Crippen LogP contribution < -0.4 is 4.74 Å². The highest BCUT2D eigenvalue weighted by atomic mass is 16.5. The number of benzene rings is 2. The minimum atomic E-state index is 0.707. The lowest BCUT2D eigenvalue weighted by atomic mass is 10.0. The number of unbranched alkanes of at least 4 members (excludes halogenated alkanes) is 1. The Hall–Kier alpha value is -3.29. The van der Waals surface area contributed by atoms with E-state index < -0.39 is 0 Å². The van der Waals surface area contributed by atoms with Gasteiger partial charge in [0.1, 0.15) is 17.3 Å². The van der Waals surface area contributed by atoms with Gasteiger partial charge in [0.15, 0.2) is 0 Å². The highest BCUT2D eigenvalue weighted by Gasteiger charge is 2.16. The fourth-order valence-electron chi connectivity index (χ4n) is 3.84. The van der Waals surface area contributed by atoms with Crippen molar-refractivity contribution < 1.29 is 9.47 Å². The van der Waals surface area contributed by atoms with E-state index in [-0.39, 0.29) is 0 Å². The number of rotatable bonds is 7. The van der Waals surface area contributed by atoms with Crippen molar-refractivity contribution in [1.82, 2.24) is 4.90 Å². The number of aliphatic imine (C=N–C) groups is 1. The Kier molecular flexibility index (Phi) is 10.4. The largest absolute Gasteiger partial charge is 0.461 e. The predicted octanol–water partition coefficient (Wildman–Crippen LogP) is 7.53. The molecule has 0 unspecified atom stereocenters. The molecule has 2 aromatic carbocycles. The third kappa shape index (κ3) is 7.86. The molecular formula is C32H40N2O2. The van der Waals surface area contributed by atoms with Crippen molar-refractivity contribution in [1.29, 1.82) is 0 Å². The van der Waals surface area contributed by atoms with E-state index in [0.29, 0.717) is 13.2 Å². The SMILES string of the molecule is CCCC#Cc1ccc(-c2ccc(C)cc2)c(O/C(C)=C/C(=N/C(C)=C(\C)CC)N2CCOCC2)c1. The number of aryl methyl sites for hydroxylation is 1. The highest BCUT2D eigenvalue weighted by Crippen LogP contribution is 2.32. The first kappa shape index (κ1) is 27.3. The lowest BCUT2D eigenvalue weighted by molar-refractivity contribution is 0.0683. The third-order valence-corrected chi connectivity index (χ3v) is 6.32. The Balaban J connectivity index is 2.00. The maximum atomic E-state index is 6.51. The van der Waals surface area contributed by atoms with Crippen molar-refractivity contribution in [3.05, 3.63) is 76.7 Å². The molecule has 0 atom stereocenters. The first-order chi connectivity index (χ1) is 17.4. The van der Waals surface area contributed by atoms with Gasteiger partial charge >= 0.3 is 0 Å². The minimum Gasteiger partial charge on any atom is -0.461 e. The van der Waals surface area contributed by atoms with Crippen LogP contribution in [-0.4, -0.2) is 37.0 Å². The molecule has 1 saturated heterocycles. The first-order valence-electron chi connectivity index (χ1n) is 13.0. The van der Waals surface area contributed by atoms with E-state index in [9.17, 15) is 0 Å². The van der Waals surface area contributed by atoms with Gasteiger partial charge in [-0.3, -0.25) is 0 Å². The van der Waals surface area contributed by atoms with Crippen molar-refractivity contribution in [2.75, 3.05) is 26.3 Å². The zero-order valence-corrected chi connectivity index (χ0v) is 22.8. The molecule has 190 valence electrons. The zero-order chi connectivity index (χ0) is 25.9. The van der Waals surface area contributed by atoms with Gasteiger partial charge in [0, 0.05) is 42.4 Å². The molecule has 0 bridgehead atoms. The molecule has 3 rings (SSSR count). The second-order valence-corrected chi connectivity index (χ2v) is 9.27. The Labute approximate surface area is 217 Å². The van der Waals surface area contributed by atoms with Gasteiger partial charge in [-0.25, -0.2) is 4.99 Å². The Morgan fingerprint density at radius 1 is 1.06 bits per heavy atom. The number of ether oxygens (including phenoxy) is 2. The summed E-state index contributed by atoms with van der Waals surface area (Å²) in [5.41, 5.74) is 6.70. The maximum absolute atomic E-state index is 6.51. The molecule has 0 N–H and O–H groups in total. The molecule has 4 heteroatoms. The summed E-state index contributed by atoms with van der Waals surface area (Å²) < 4.78 is 12.1. The Bertz CT molecular complexity index is 1170. The zero-order valence-electron chi connectivity index (χ0n) is 22.8. The van der Waals surface area contributed by atoms with Crippen molar-refractivity contribution in [3.63, 3.8) is 0 Å². The topological polar surface area (TPSA) is 34.1 Å². The lowest BCUT2D eigenvalue weighted by Gasteiger charge is -2.29. The normalized spacial score (nSPS) is 15.2. The number of morpholine rings is 1. The third-order valence-electron chi connectivity index (χ3n) is 6.32. The molecule has 1 heterocycles. The highest BCUT2D eigenvalue weighted by molar-refractivity contribution is 5.94. The van der Waals surface area contributed by atoms with Crippen molar-refractivity contribution >= 4 is 5.84 Å². The molecule has 0 radical (unpaired) electrons. The predicted molar refractivity (Wildman–Crippen MR) is 151 cm³/mol. The summed E-state index contributed by atoms with van der Waals surface area (Å²) in [7, 11) is 0. The number of nitrogens with zero attached hydrogens (tertiary/aromatic N) is 2. The van der Waals surface area contributed by atoms with Crippen LogP contribution in [0.5, 0.6) is 5.75 Å². The van der Waals surface area contributed by atoms with E-state index in [1.165, 1.54) is 11.1 Å². The van der Waals surface area contributed by atoms with Gasteiger partial charge in [0.05, 0.1) is 13.2 Å². The van der Waals surface area contributed by atoms with Crippen LogP contribution in [0.15, 0.2) is 70.6 Å². The number of allylic oxidation sites excluding steroid dienone is 3. The summed E-state index contributed by atoms with van der Waals surface area (Å²) in [6.45, 7) is 15.7. The van der Waals surface area contributed by atoms with Crippen molar-refractivity contribution in [3.8, 4) is 28.7 Å². The van der Waals surface area contributed by atoms with E-state index >= 15 is 0 Å². The van der Waals surface area contributed by atoms with Crippen LogP contribution in [0.25, 0.3) is 11.1 Å². The average Bonchev–Trinajstić information content (AvgIpc) is 2.89. The van der Waals surface area contributed by atoms with Gasteiger partial charge in [-0.2, -0.15) is 0 Å². The van der Waals surface area contributed by atoms with Crippen LogP contribution in [0.2, 0.25) is 0 Å². The summed E-state index contributed by atoms with van der Waals surface area (Å²) >= 11 is 0. The molecule has 0 amide bonds. The van der Waals surface area contributed by atoms with E-state index in [1.807, 2.05) is 19.1 Å². The molecule has 4 nitrogen and oxygen atoms in total. The second kappa shape index (κ2) is 13.7. The van der Waals surface area contributed by atoms with E-state index in [1.54, 1.807) is 0 Å². The molecule has 1 aliphatic heterocycles. The monoisotopic (exact) mass is 484 g/mol. The number of amidine groups is 1. The van der Waals surface area contributed by atoms with Crippen LogP contribution >= 0.6 is 0 Å². The van der Waals surface area contributed by atoms with E-state index in [4.69, 9.17) is 14.5 Å². The van der Waals surface area contributed by atoms with Gasteiger partial charge in [0.2, 0.25) is 0 Å². The Morgan fingerprint density at radius 2 is 1.78 bits per heavy atom. The summed E-state index contributed by atoms with van der Waals surface area (Å²) in [6, 6.07) is 14.8. The number of hydrogen-bond donors (Lipinski definition) is 0. The van der Waals surface area contributed by atoms with Crippen LogP contribution in [0.1, 0.15) is 65.0 Å². The first-order valence-corrected chi connectivity index (χ1v) is 13.0. The van der Waals surface area contributed by atoms with Gasteiger partial charge in [-0.1, -0.05) is 61.1 Å². The average molecular weight is 485 g/mol. The summed E-state index contributed by atoms with van der Waals surface area (Å²) in [5, 5.41) is 0. The molecule has 0 aromatic heterocycles. The smallest absolute Gasteiger partial charge is 0.135 e. The molecule has 36 heavy (non-hydrogen) atoms. The van der Waals surface area contributed by atoms with Gasteiger partial charge in [0.25, 0.3) is 0 Å². The quantitative estimate of drug-likeness (QED) is 0.176. The fraction of sp³-hybridized carbons (Fsp3) is 0.406. The van der Waals surface area contributed by atoms with Crippen molar-refractivity contribution in [2.45, 2.75) is 60.8 Å². The minimum absolute atomic E-state index is 0.707. The molecule has 0 saturated carbocycles. The number of hydrogen-bond acceptors (Lipinski definition) is 3. The maximum Gasteiger partial charge on any atom is 0.135 e. The summed E-state index contributed by atoms with van der Waals surface area (Å²) in [6.07, 6.45) is 4.97. The van der Waals surface area contributed by atoms with Crippen LogP contribution in [-0.2, 0) is 4.74 Å². The van der Waals surface area contributed by atoms with Crippen LogP contribution in [0.3, 0.4) is 0 Å². The Morgan fingerprint density at radius 3 is 2.44 bits per heavy atom. The standard InChI is InChI=1S/C32H40N2O2/c1-7-9-10-11-28-14-17-30(29-15-12-24(3)13-16-29)31(23-28)36-26(5)22-32(33-27(6)25(4)8-2)34-18-20-35-21-19-34/h12-17,22-23H,7-9,18-21H2,1-6H3/b26-22+,27-25+,33-32-. The van der Waals surface area contributed by atoms with Gasteiger partial charge < -0.3 is 14.4 Å². The van der Waals surface area contributed by atoms with Crippen LogP contribution in [0.4, 0.5) is 0 Å². The molecule has 0 aliphatic carbocycles. The summed E-state index contributed by atoms with van der Waals surface area (Å²) in [4.78, 5) is 7.27. The van der Waals surface area contributed by atoms with Gasteiger partial charge in [-0.05, 0) is 64.3 Å².